The van der Waals surface area contributed by atoms with Crippen LogP contribution in [0.4, 0.5) is 0 Å². The van der Waals surface area contributed by atoms with Gasteiger partial charge in [0.1, 0.15) is 0 Å². The summed E-state index contributed by atoms with van der Waals surface area (Å²) < 4.78 is 0. The standard InChI is InChI=1S/C12H13NS.ClH/c1-9-2-3-12(11(6-9)7-13)10-4-5-14-8-10;/h2-6,8H,7,13H2,1H3;1H. The van der Waals surface area contributed by atoms with Crippen LogP contribution in [-0.2, 0) is 6.54 Å². The fraction of sp³-hybridized carbons (Fsp3) is 0.167. The van der Waals surface area contributed by atoms with Crippen LogP contribution in [0, 0.1) is 6.92 Å². The van der Waals surface area contributed by atoms with Crippen molar-refractivity contribution in [1.82, 2.24) is 0 Å². The van der Waals surface area contributed by atoms with Gasteiger partial charge in [-0.15, -0.1) is 12.4 Å². The Balaban J connectivity index is 0.00000112. The fourth-order valence-corrected chi connectivity index (χ4v) is 2.25. The number of benzene rings is 1. The molecular weight excluding hydrogens is 226 g/mol. The van der Waals surface area contributed by atoms with Crippen LogP contribution < -0.4 is 5.73 Å². The van der Waals surface area contributed by atoms with Crippen LogP contribution in [-0.4, -0.2) is 0 Å². The van der Waals surface area contributed by atoms with Gasteiger partial charge >= 0.3 is 0 Å². The number of rotatable bonds is 2. The largest absolute Gasteiger partial charge is 0.326 e. The summed E-state index contributed by atoms with van der Waals surface area (Å²) in [5.41, 5.74) is 10.8. The van der Waals surface area contributed by atoms with Crippen LogP contribution in [0.5, 0.6) is 0 Å². The van der Waals surface area contributed by atoms with E-state index >= 15 is 0 Å². The molecule has 0 saturated heterocycles. The van der Waals surface area contributed by atoms with Gasteiger partial charge < -0.3 is 5.73 Å². The highest BCUT2D eigenvalue weighted by Gasteiger charge is 2.03. The molecule has 0 aliphatic carbocycles. The van der Waals surface area contributed by atoms with E-state index in [4.69, 9.17) is 5.73 Å². The first-order valence-electron chi connectivity index (χ1n) is 4.63. The molecule has 1 aromatic carbocycles. The van der Waals surface area contributed by atoms with Crippen molar-refractivity contribution in [3.8, 4) is 11.1 Å². The summed E-state index contributed by atoms with van der Waals surface area (Å²) in [5, 5.41) is 4.25. The van der Waals surface area contributed by atoms with Gasteiger partial charge in [-0.05, 0) is 40.4 Å². The van der Waals surface area contributed by atoms with Gasteiger partial charge in [-0.2, -0.15) is 11.3 Å². The summed E-state index contributed by atoms with van der Waals surface area (Å²) in [6, 6.07) is 8.58. The van der Waals surface area contributed by atoms with Gasteiger partial charge in [0.15, 0.2) is 0 Å². The molecule has 0 radical (unpaired) electrons. The Morgan fingerprint density at radius 2 is 2.07 bits per heavy atom. The minimum Gasteiger partial charge on any atom is -0.326 e. The quantitative estimate of drug-likeness (QED) is 0.852. The van der Waals surface area contributed by atoms with Gasteiger partial charge in [0, 0.05) is 6.54 Å². The predicted octanol–water partition coefficient (Wildman–Crippen LogP) is 3.60. The van der Waals surface area contributed by atoms with Crippen LogP contribution in [0.2, 0.25) is 0 Å². The lowest BCUT2D eigenvalue weighted by molar-refractivity contribution is 1.07. The number of thiophene rings is 1. The molecule has 80 valence electrons. The topological polar surface area (TPSA) is 26.0 Å². The molecule has 0 saturated carbocycles. The highest BCUT2D eigenvalue weighted by molar-refractivity contribution is 7.08. The molecule has 1 aromatic heterocycles. The first-order chi connectivity index (χ1) is 6.81. The van der Waals surface area contributed by atoms with E-state index in [2.05, 4.69) is 41.9 Å². The molecule has 1 nitrogen and oxygen atoms in total. The average molecular weight is 240 g/mol. The van der Waals surface area contributed by atoms with E-state index in [1.165, 1.54) is 22.3 Å². The number of hydrogen-bond donors (Lipinski definition) is 1. The van der Waals surface area contributed by atoms with Gasteiger partial charge in [-0.3, -0.25) is 0 Å². The molecule has 0 bridgehead atoms. The molecule has 3 heteroatoms. The number of halogens is 1. The van der Waals surface area contributed by atoms with E-state index in [1.54, 1.807) is 11.3 Å². The van der Waals surface area contributed by atoms with Crippen molar-refractivity contribution in [1.29, 1.82) is 0 Å². The maximum atomic E-state index is 5.73. The molecular formula is C12H14ClNS. The summed E-state index contributed by atoms with van der Waals surface area (Å²) in [6.45, 7) is 2.70. The molecule has 1 heterocycles. The minimum absolute atomic E-state index is 0. The lowest BCUT2D eigenvalue weighted by atomic mass is 10.0. The first-order valence-corrected chi connectivity index (χ1v) is 5.57. The molecule has 0 spiro atoms. The molecule has 2 aromatic rings. The third-order valence-electron chi connectivity index (χ3n) is 2.31. The molecule has 0 aliphatic heterocycles. The zero-order chi connectivity index (χ0) is 9.97. The average Bonchev–Trinajstić information content (AvgIpc) is 2.70. The highest BCUT2D eigenvalue weighted by Crippen LogP contribution is 2.26. The Kier molecular flexibility index (Phi) is 4.33. The van der Waals surface area contributed by atoms with Crippen molar-refractivity contribution in [2.24, 2.45) is 5.73 Å². The van der Waals surface area contributed by atoms with Crippen LogP contribution >= 0.6 is 23.7 Å². The summed E-state index contributed by atoms with van der Waals surface area (Å²) in [7, 11) is 0. The Morgan fingerprint density at radius 3 is 2.67 bits per heavy atom. The molecule has 0 atom stereocenters. The Labute approximate surface area is 100 Å². The number of hydrogen-bond acceptors (Lipinski definition) is 2. The van der Waals surface area contributed by atoms with Gasteiger partial charge in [0.2, 0.25) is 0 Å². The third kappa shape index (κ3) is 2.59. The second-order valence-electron chi connectivity index (χ2n) is 3.38. The van der Waals surface area contributed by atoms with Crippen molar-refractivity contribution in [2.75, 3.05) is 0 Å². The van der Waals surface area contributed by atoms with Crippen molar-refractivity contribution < 1.29 is 0 Å². The fourth-order valence-electron chi connectivity index (χ4n) is 1.59. The first kappa shape index (κ1) is 12.2. The molecule has 2 N–H and O–H groups in total. The highest BCUT2D eigenvalue weighted by atomic mass is 35.5. The van der Waals surface area contributed by atoms with E-state index < -0.39 is 0 Å². The summed E-state index contributed by atoms with van der Waals surface area (Å²) in [6.07, 6.45) is 0. The van der Waals surface area contributed by atoms with Gasteiger partial charge in [0.05, 0.1) is 0 Å². The van der Waals surface area contributed by atoms with E-state index in [9.17, 15) is 0 Å². The number of nitrogens with two attached hydrogens (primary N) is 1. The summed E-state index contributed by atoms with van der Waals surface area (Å²) >= 11 is 1.72. The van der Waals surface area contributed by atoms with Crippen molar-refractivity contribution in [3.63, 3.8) is 0 Å². The normalized spacial score (nSPS) is 9.73. The van der Waals surface area contributed by atoms with Crippen LogP contribution in [0.3, 0.4) is 0 Å². The van der Waals surface area contributed by atoms with Crippen molar-refractivity contribution in [2.45, 2.75) is 13.5 Å². The van der Waals surface area contributed by atoms with E-state index in [0.29, 0.717) is 6.54 Å². The minimum atomic E-state index is 0. The smallest absolute Gasteiger partial charge is 0.0184 e. The molecule has 0 unspecified atom stereocenters. The van der Waals surface area contributed by atoms with Crippen LogP contribution in [0.15, 0.2) is 35.0 Å². The van der Waals surface area contributed by atoms with Crippen LogP contribution in [0.25, 0.3) is 11.1 Å². The Morgan fingerprint density at radius 1 is 1.27 bits per heavy atom. The summed E-state index contributed by atoms with van der Waals surface area (Å²) in [5.74, 6) is 0. The SMILES string of the molecule is Cc1ccc(-c2ccsc2)c(CN)c1.Cl. The molecule has 0 aliphatic rings. The van der Waals surface area contributed by atoms with E-state index in [1.807, 2.05) is 0 Å². The summed E-state index contributed by atoms with van der Waals surface area (Å²) in [4.78, 5) is 0. The van der Waals surface area contributed by atoms with Gasteiger partial charge in [-0.25, -0.2) is 0 Å². The van der Waals surface area contributed by atoms with Gasteiger partial charge in [-0.1, -0.05) is 23.8 Å². The van der Waals surface area contributed by atoms with E-state index in [0.717, 1.165) is 0 Å². The maximum absolute atomic E-state index is 5.73. The molecule has 15 heavy (non-hydrogen) atoms. The van der Waals surface area contributed by atoms with E-state index in [-0.39, 0.29) is 12.4 Å². The zero-order valence-corrected chi connectivity index (χ0v) is 10.2. The lowest BCUT2D eigenvalue weighted by Gasteiger charge is -2.06. The lowest BCUT2D eigenvalue weighted by Crippen LogP contribution is -1.99. The zero-order valence-electron chi connectivity index (χ0n) is 8.57. The van der Waals surface area contributed by atoms with Crippen molar-refractivity contribution in [3.05, 3.63) is 46.2 Å². The van der Waals surface area contributed by atoms with Gasteiger partial charge in [0.25, 0.3) is 0 Å². The predicted molar refractivity (Wildman–Crippen MR) is 69.6 cm³/mol. The number of aryl methyl sites for hydroxylation is 1. The molecule has 0 amide bonds. The second-order valence-corrected chi connectivity index (χ2v) is 4.16. The molecule has 0 fully saturated rings. The second kappa shape index (κ2) is 5.31. The van der Waals surface area contributed by atoms with Crippen LogP contribution in [0.1, 0.15) is 11.1 Å². The van der Waals surface area contributed by atoms with Crippen molar-refractivity contribution >= 4 is 23.7 Å². The monoisotopic (exact) mass is 239 g/mol. The Hall–Kier alpha value is -0.830. The molecule has 2 rings (SSSR count). The Bertz CT molecular complexity index is 423. The third-order valence-corrected chi connectivity index (χ3v) is 3.00. The maximum Gasteiger partial charge on any atom is 0.0184 e.